The van der Waals surface area contributed by atoms with Gasteiger partial charge in [0.05, 0.1) is 16.8 Å². The van der Waals surface area contributed by atoms with E-state index in [9.17, 15) is 0 Å². The van der Waals surface area contributed by atoms with Crippen LogP contribution in [0.3, 0.4) is 0 Å². The van der Waals surface area contributed by atoms with Crippen LogP contribution in [0.1, 0.15) is 47.2 Å². The molecule has 2 aromatic heterocycles. The van der Waals surface area contributed by atoms with E-state index in [1.54, 1.807) is 0 Å². The zero-order chi connectivity index (χ0) is 39.3. The zero-order valence-corrected chi connectivity index (χ0v) is 33.6. The van der Waals surface area contributed by atoms with Gasteiger partial charge in [0.25, 0.3) is 0 Å². The molecule has 0 bridgehead atoms. The molecule has 8 aromatic carbocycles. The van der Waals surface area contributed by atoms with Gasteiger partial charge in [-0.1, -0.05) is 196 Å². The number of hydrogen-bond donors (Lipinski definition) is 0. The topological polar surface area (TPSA) is 25.8 Å². The zero-order valence-electron chi connectivity index (χ0n) is 32.8. The van der Waals surface area contributed by atoms with Crippen molar-refractivity contribution < 1.29 is 0 Å². The lowest BCUT2D eigenvalue weighted by Gasteiger charge is -2.33. The van der Waals surface area contributed by atoms with Crippen molar-refractivity contribution in [2.45, 2.75) is 24.7 Å². The summed E-state index contributed by atoms with van der Waals surface area (Å²) >= 11 is 1.84. The van der Waals surface area contributed by atoms with Gasteiger partial charge in [-0.05, 0) is 67.8 Å². The van der Waals surface area contributed by atoms with Crippen molar-refractivity contribution in [2.75, 3.05) is 0 Å². The quantitative estimate of drug-likeness (QED) is 0.174. The van der Waals surface area contributed by atoms with Gasteiger partial charge in [-0.25, -0.2) is 9.97 Å². The van der Waals surface area contributed by atoms with Gasteiger partial charge in [-0.3, -0.25) is 0 Å². The number of fused-ring (bicyclic) bond motifs is 9. The maximum absolute atomic E-state index is 5.66. The Morgan fingerprint density at radius 3 is 1.63 bits per heavy atom. The maximum atomic E-state index is 5.66. The molecule has 0 saturated heterocycles. The Kier molecular flexibility index (Phi) is 7.39. The third-order valence-electron chi connectivity index (χ3n) is 13.0. The third-order valence-corrected chi connectivity index (χ3v) is 14.2. The van der Waals surface area contributed by atoms with Crippen molar-refractivity contribution in [2.24, 2.45) is 0 Å². The minimum atomic E-state index is -0.513. The molecule has 2 aliphatic rings. The lowest BCUT2D eigenvalue weighted by molar-refractivity contribution is 0.660. The van der Waals surface area contributed by atoms with E-state index in [1.165, 1.54) is 75.8 Å². The lowest BCUT2D eigenvalue weighted by Crippen LogP contribution is -2.28. The van der Waals surface area contributed by atoms with Crippen LogP contribution >= 0.6 is 11.3 Å². The van der Waals surface area contributed by atoms with E-state index in [-0.39, 0.29) is 5.41 Å². The van der Waals surface area contributed by atoms with E-state index in [4.69, 9.17) is 9.97 Å². The SMILES string of the molecule is CC1(C)c2ccccc2-c2c(-c3nc(-c4cccc5c4-c4ccccc4C5(c4ccccc4)c4ccccc4)cc(-c4cccc5c4sc4ccccc45)n3)cccc21. The summed E-state index contributed by atoms with van der Waals surface area (Å²) < 4.78 is 2.52. The molecule has 0 saturated carbocycles. The first-order chi connectivity index (χ1) is 29.0. The van der Waals surface area contributed by atoms with E-state index < -0.39 is 5.41 Å². The first-order valence-corrected chi connectivity index (χ1v) is 21.2. The normalized spacial score (nSPS) is 14.2. The summed E-state index contributed by atoms with van der Waals surface area (Å²) in [6.45, 7) is 4.67. The standard InChI is InChI=1S/C56H38N2S/c1-55(2)44-29-12-9-23-39(44)52-43(28-17-31-46(52)55)54-57-48(34-49(58-54)42-27-15-25-38-37-22-11-14-33-50(37)59-53(38)42)41-26-16-32-47-51(41)40-24-10-13-30-45(40)56(47,35-18-5-3-6-19-35)36-20-7-4-8-21-36/h3-34H,1-2H3. The van der Waals surface area contributed by atoms with Gasteiger partial charge in [0.1, 0.15) is 0 Å². The molecule has 0 radical (unpaired) electrons. The predicted molar refractivity (Wildman–Crippen MR) is 246 cm³/mol. The van der Waals surface area contributed by atoms with Gasteiger partial charge in [-0.15, -0.1) is 11.3 Å². The first-order valence-electron chi connectivity index (χ1n) is 20.4. The van der Waals surface area contributed by atoms with E-state index in [0.717, 1.165) is 33.9 Å². The fourth-order valence-corrected chi connectivity index (χ4v) is 11.7. The van der Waals surface area contributed by atoms with Crippen LogP contribution in [-0.4, -0.2) is 9.97 Å². The van der Waals surface area contributed by atoms with Gasteiger partial charge < -0.3 is 0 Å². The number of aromatic nitrogens is 2. The highest BCUT2D eigenvalue weighted by Crippen LogP contribution is 2.58. The Hall–Kier alpha value is -6.94. The monoisotopic (exact) mass is 770 g/mol. The van der Waals surface area contributed by atoms with Gasteiger partial charge >= 0.3 is 0 Å². The molecular formula is C56H38N2S. The van der Waals surface area contributed by atoms with E-state index in [0.29, 0.717) is 0 Å². The second-order valence-corrected chi connectivity index (χ2v) is 17.4. The molecule has 2 nitrogen and oxygen atoms in total. The number of benzene rings is 8. The van der Waals surface area contributed by atoms with Crippen LogP contribution < -0.4 is 0 Å². The number of nitrogens with zero attached hydrogens (tertiary/aromatic N) is 2. The maximum Gasteiger partial charge on any atom is 0.161 e. The molecule has 0 spiro atoms. The molecule has 2 aliphatic carbocycles. The molecule has 0 aliphatic heterocycles. The van der Waals surface area contributed by atoms with Crippen LogP contribution in [0.4, 0.5) is 0 Å². The van der Waals surface area contributed by atoms with Crippen molar-refractivity contribution in [1.29, 1.82) is 0 Å². The molecule has 0 fully saturated rings. The number of thiophene rings is 1. The van der Waals surface area contributed by atoms with Gasteiger partial charge in [0.2, 0.25) is 0 Å². The molecule has 0 atom stereocenters. The van der Waals surface area contributed by atoms with Crippen LogP contribution in [0.5, 0.6) is 0 Å². The molecule has 59 heavy (non-hydrogen) atoms. The van der Waals surface area contributed by atoms with Crippen LogP contribution in [0.15, 0.2) is 194 Å². The van der Waals surface area contributed by atoms with Crippen LogP contribution in [0.2, 0.25) is 0 Å². The van der Waals surface area contributed by atoms with Gasteiger partial charge in [-0.2, -0.15) is 0 Å². The van der Waals surface area contributed by atoms with E-state index >= 15 is 0 Å². The molecule has 3 heteroatoms. The first kappa shape index (κ1) is 34.1. The Bertz CT molecular complexity index is 3260. The summed E-state index contributed by atoms with van der Waals surface area (Å²) in [5, 5.41) is 2.53. The Balaban J connectivity index is 1.18. The Labute approximate surface area is 348 Å². The highest BCUT2D eigenvalue weighted by Gasteiger charge is 2.47. The van der Waals surface area contributed by atoms with Crippen LogP contribution in [0, 0.1) is 0 Å². The summed E-state index contributed by atoms with van der Waals surface area (Å²) in [4.78, 5) is 11.2. The van der Waals surface area contributed by atoms with Gasteiger partial charge in [0.15, 0.2) is 5.82 Å². The van der Waals surface area contributed by atoms with E-state index in [2.05, 4.69) is 208 Å². The fraction of sp³-hybridized carbons (Fsp3) is 0.0714. The van der Waals surface area contributed by atoms with E-state index in [1.807, 2.05) is 11.3 Å². The predicted octanol–water partition coefficient (Wildman–Crippen LogP) is 14.5. The average molecular weight is 771 g/mol. The fourth-order valence-electron chi connectivity index (χ4n) is 10.4. The molecule has 10 aromatic rings. The molecule has 12 rings (SSSR count). The highest BCUT2D eigenvalue weighted by molar-refractivity contribution is 7.26. The smallest absolute Gasteiger partial charge is 0.161 e. The van der Waals surface area contributed by atoms with Crippen molar-refractivity contribution in [3.8, 4) is 56.2 Å². The average Bonchev–Trinajstić information content (AvgIpc) is 3.91. The van der Waals surface area contributed by atoms with Crippen LogP contribution in [-0.2, 0) is 10.8 Å². The highest BCUT2D eigenvalue weighted by atomic mass is 32.1. The van der Waals surface area contributed by atoms with Crippen molar-refractivity contribution in [1.82, 2.24) is 9.97 Å². The molecule has 0 amide bonds. The summed E-state index contributed by atoms with van der Waals surface area (Å²) in [6, 6.07) is 71.1. The minimum absolute atomic E-state index is 0.146. The molecule has 0 N–H and O–H groups in total. The van der Waals surface area contributed by atoms with Crippen molar-refractivity contribution in [3.63, 3.8) is 0 Å². The molecule has 278 valence electrons. The largest absolute Gasteiger partial charge is 0.228 e. The van der Waals surface area contributed by atoms with Gasteiger partial charge in [0, 0.05) is 42.3 Å². The summed E-state index contributed by atoms with van der Waals surface area (Å²) in [7, 11) is 0. The summed E-state index contributed by atoms with van der Waals surface area (Å²) in [5.41, 5.74) is 17.1. The lowest BCUT2D eigenvalue weighted by atomic mass is 9.67. The second-order valence-electron chi connectivity index (χ2n) is 16.4. The molecule has 0 unspecified atom stereocenters. The summed E-state index contributed by atoms with van der Waals surface area (Å²) in [5.74, 6) is 0.737. The third kappa shape index (κ3) is 4.80. The number of rotatable bonds is 5. The second kappa shape index (κ2) is 12.8. The molecule has 2 heterocycles. The Morgan fingerprint density at radius 2 is 0.881 bits per heavy atom. The van der Waals surface area contributed by atoms with Crippen LogP contribution in [0.25, 0.3) is 76.3 Å². The minimum Gasteiger partial charge on any atom is -0.228 e. The molecular weight excluding hydrogens is 733 g/mol. The van der Waals surface area contributed by atoms with Crippen molar-refractivity contribution >= 4 is 31.5 Å². The van der Waals surface area contributed by atoms with Crippen molar-refractivity contribution in [3.05, 3.63) is 228 Å². The number of hydrogen-bond acceptors (Lipinski definition) is 3. The summed E-state index contributed by atoms with van der Waals surface area (Å²) in [6.07, 6.45) is 0. The Morgan fingerprint density at radius 1 is 0.390 bits per heavy atom.